The first-order valence-electron chi connectivity index (χ1n) is 6.20. The fourth-order valence-corrected chi connectivity index (χ4v) is 2.22. The van der Waals surface area contributed by atoms with E-state index in [1.165, 1.54) is 25.7 Å². The lowest BCUT2D eigenvalue weighted by Gasteiger charge is -2.35. The number of hydrogen-bond acceptors (Lipinski definition) is 3. The van der Waals surface area contributed by atoms with E-state index in [9.17, 15) is 0 Å². The van der Waals surface area contributed by atoms with Crippen LogP contribution in [0.15, 0.2) is 10.3 Å². The first-order valence-corrected chi connectivity index (χ1v) is 6.20. The molecule has 15 heavy (non-hydrogen) atoms. The second-order valence-corrected chi connectivity index (χ2v) is 5.43. The zero-order valence-corrected chi connectivity index (χ0v) is 10.8. The second kappa shape index (κ2) is 4.95. The summed E-state index contributed by atoms with van der Waals surface area (Å²) >= 11 is 0. The quantitative estimate of drug-likeness (QED) is 0.695. The van der Waals surface area contributed by atoms with Crippen LogP contribution < -0.4 is 0 Å². The summed E-state index contributed by atoms with van der Waals surface area (Å²) in [4.78, 5) is 0. The first-order chi connectivity index (χ1) is 7.00. The molecule has 1 aliphatic rings. The van der Waals surface area contributed by atoms with Gasteiger partial charge in [0.05, 0.1) is 17.6 Å². The molecule has 88 valence electrons. The lowest BCUT2D eigenvalue weighted by molar-refractivity contribution is 0.0906. The van der Waals surface area contributed by atoms with Gasteiger partial charge in [-0.15, -0.1) is 0 Å². The van der Waals surface area contributed by atoms with Gasteiger partial charge in [0.1, 0.15) is 0 Å². The predicted octanol–water partition coefficient (Wildman–Crippen LogP) is 3.81. The topological polar surface area (TPSA) is 28.0 Å². The minimum Gasteiger partial charge on any atom is -0.268 e. The molecule has 0 saturated carbocycles. The molecule has 3 nitrogen and oxygen atoms in total. The molecule has 2 atom stereocenters. The molecule has 2 unspecified atom stereocenters. The molecular formula is C12H25N3. The van der Waals surface area contributed by atoms with Gasteiger partial charge in [0.2, 0.25) is 0 Å². The summed E-state index contributed by atoms with van der Waals surface area (Å²) < 4.78 is 0. The van der Waals surface area contributed by atoms with Gasteiger partial charge >= 0.3 is 0 Å². The lowest BCUT2D eigenvalue weighted by Crippen LogP contribution is -2.45. The Balaban J connectivity index is 2.70. The largest absolute Gasteiger partial charge is 0.268 e. The van der Waals surface area contributed by atoms with Crippen molar-refractivity contribution in [3.05, 3.63) is 0 Å². The van der Waals surface area contributed by atoms with Gasteiger partial charge in [-0.05, 0) is 33.6 Å². The van der Waals surface area contributed by atoms with Crippen LogP contribution in [0.4, 0.5) is 0 Å². The molecule has 0 N–H and O–H groups in total. The Morgan fingerprint density at radius 3 is 2.13 bits per heavy atom. The van der Waals surface area contributed by atoms with Crippen molar-refractivity contribution in [1.82, 2.24) is 5.01 Å². The number of hydrogen-bond donors (Lipinski definition) is 0. The van der Waals surface area contributed by atoms with Gasteiger partial charge in [-0.1, -0.05) is 31.9 Å². The molecule has 1 heterocycles. The van der Waals surface area contributed by atoms with Crippen LogP contribution in [-0.2, 0) is 0 Å². The summed E-state index contributed by atoms with van der Waals surface area (Å²) in [5.74, 6) is 0. The molecule has 3 heteroatoms. The highest BCUT2D eigenvalue weighted by molar-refractivity contribution is 4.91. The van der Waals surface area contributed by atoms with Crippen LogP contribution in [0.3, 0.4) is 0 Å². The molecule has 0 aromatic carbocycles. The van der Waals surface area contributed by atoms with E-state index in [4.69, 9.17) is 0 Å². The number of nitrogens with zero attached hydrogens (tertiary/aromatic N) is 3. The van der Waals surface area contributed by atoms with Crippen molar-refractivity contribution in [2.45, 2.75) is 77.9 Å². The summed E-state index contributed by atoms with van der Waals surface area (Å²) in [6, 6.07) is 0.948. The highest BCUT2D eigenvalue weighted by Crippen LogP contribution is 2.31. The fraction of sp³-hybridized carbons (Fsp3) is 1.00. The Morgan fingerprint density at radius 1 is 1.07 bits per heavy atom. The van der Waals surface area contributed by atoms with Crippen molar-refractivity contribution < 1.29 is 0 Å². The standard InChI is InChI=1S/C12H25N3/c1-6-8-10-11(9-7-2)15(14-13-10)12(3,4)5/h10-11H,6-9H2,1-5H3. The van der Waals surface area contributed by atoms with Crippen LogP contribution >= 0.6 is 0 Å². The lowest BCUT2D eigenvalue weighted by atomic mass is 9.96. The maximum atomic E-state index is 4.42. The molecule has 0 aromatic heterocycles. The van der Waals surface area contributed by atoms with Crippen molar-refractivity contribution in [1.29, 1.82) is 0 Å². The van der Waals surface area contributed by atoms with E-state index >= 15 is 0 Å². The third kappa shape index (κ3) is 2.93. The number of rotatable bonds is 4. The molecular weight excluding hydrogens is 186 g/mol. The van der Waals surface area contributed by atoms with Crippen molar-refractivity contribution in [3.8, 4) is 0 Å². The van der Waals surface area contributed by atoms with Gasteiger partial charge in [0.15, 0.2) is 0 Å². The maximum Gasteiger partial charge on any atom is 0.0949 e. The van der Waals surface area contributed by atoms with Crippen LogP contribution in [0.25, 0.3) is 0 Å². The van der Waals surface area contributed by atoms with Crippen LogP contribution in [0.1, 0.15) is 60.3 Å². The Labute approximate surface area is 93.9 Å². The molecule has 0 aliphatic carbocycles. The van der Waals surface area contributed by atoms with E-state index in [1.54, 1.807) is 0 Å². The molecule has 0 bridgehead atoms. The van der Waals surface area contributed by atoms with Gasteiger partial charge in [-0.3, -0.25) is 5.01 Å². The van der Waals surface area contributed by atoms with E-state index in [-0.39, 0.29) is 5.54 Å². The zero-order chi connectivity index (χ0) is 11.5. The Kier molecular flexibility index (Phi) is 4.12. The van der Waals surface area contributed by atoms with Gasteiger partial charge < -0.3 is 0 Å². The summed E-state index contributed by atoms with van der Waals surface area (Å²) in [5.41, 5.74) is 0.103. The minimum atomic E-state index is 0.103. The van der Waals surface area contributed by atoms with Crippen molar-refractivity contribution in [2.75, 3.05) is 0 Å². The van der Waals surface area contributed by atoms with E-state index < -0.39 is 0 Å². The maximum absolute atomic E-state index is 4.42. The van der Waals surface area contributed by atoms with Gasteiger partial charge in [-0.2, -0.15) is 5.11 Å². The molecule has 0 radical (unpaired) electrons. The van der Waals surface area contributed by atoms with E-state index in [2.05, 4.69) is 50.0 Å². The second-order valence-electron chi connectivity index (χ2n) is 5.43. The highest BCUT2D eigenvalue weighted by Gasteiger charge is 2.37. The monoisotopic (exact) mass is 211 g/mol. The predicted molar refractivity (Wildman–Crippen MR) is 63.8 cm³/mol. The Bertz CT molecular complexity index is 217. The van der Waals surface area contributed by atoms with Gasteiger partial charge in [-0.25, -0.2) is 0 Å². The third-order valence-corrected chi connectivity index (χ3v) is 2.91. The first kappa shape index (κ1) is 12.5. The molecule has 0 spiro atoms. The summed E-state index contributed by atoms with van der Waals surface area (Å²) in [5, 5.41) is 11.0. The Hall–Kier alpha value is -0.600. The van der Waals surface area contributed by atoms with E-state index in [1.807, 2.05) is 0 Å². The fourth-order valence-electron chi connectivity index (χ4n) is 2.22. The smallest absolute Gasteiger partial charge is 0.0949 e. The summed E-state index contributed by atoms with van der Waals surface area (Å²) in [6.07, 6.45) is 4.78. The van der Waals surface area contributed by atoms with E-state index in [0.29, 0.717) is 12.1 Å². The zero-order valence-electron chi connectivity index (χ0n) is 10.8. The van der Waals surface area contributed by atoms with Crippen molar-refractivity contribution in [2.24, 2.45) is 10.3 Å². The Morgan fingerprint density at radius 2 is 1.67 bits per heavy atom. The van der Waals surface area contributed by atoms with Gasteiger partial charge in [0.25, 0.3) is 0 Å². The van der Waals surface area contributed by atoms with Crippen LogP contribution in [0.2, 0.25) is 0 Å². The molecule has 0 saturated heterocycles. The summed E-state index contributed by atoms with van der Waals surface area (Å²) in [6.45, 7) is 11.1. The molecule has 0 fully saturated rings. The average Bonchev–Trinajstić information content (AvgIpc) is 2.49. The molecule has 0 amide bonds. The van der Waals surface area contributed by atoms with Crippen LogP contribution in [0, 0.1) is 0 Å². The third-order valence-electron chi connectivity index (χ3n) is 2.91. The van der Waals surface area contributed by atoms with Crippen LogP contribution in [0.5, 0.6) is 0 Å². The average molecular weight is 211 g/mol. The molecule has 0 aromatic rings. The minimum absolute atomic E-state index is 0.103. The highest BCUT2D eigenvalue weighted by atomic mass is 15.6. The normalized spacial score (nSPS) is 26.3. The molecule has 1 rings (SSSR count). The van der Waals surface area contributed by atoms with Crippen molar-refractivity contribution in [3.63, 3.8) is 0 Å². The SMILES string of the molecule is CCCC1N=NN(C(C)(C)C)C1CCC. The summed E-state index contributed by atoms with van der Waals surface area (Å²) in [7, 11) is 0. The van der Waals surface area contributed by atoms with Crippen LogP contribution in [-0.4, -0.2) is 22.6 Å². The molecule has 1 aliphatic heterocycles. The van der Waals surface area contributed by atoms with Crippen molar-refractivity contribution >= 4 is 0 Å². The van der Waals surface area contributed by atoms with Gasteiger partial charge in [0, 0.05) is 0 Å². The van der Waals surface area contributed by atoms with E-state index in [0.717, 1.165) is 0 Å².